The van der Waals surface area contributed by atoms with E-state index in [1.165, 1.54) is 183 Å². The molecule has 145 heavy (non-hydrogen) atoms. The average Bonchev–Trinajstić information content (AvgIpc) is 0.754. The molecule has 0 radical (unpaired) electrons. The fourth-order valence-corrected chi connectivity index (χ4v) is 26.0. The van der Waals surface area contributed by atoms with E-state index in [0.29, 0.717) is 53.6 Å². The number of aromatic hydroxyl groups is 6. The molecular weight excluding hydrogens is 1820 g/mol. The fourth-order valence-electron chi connectivity index (χ4n) is 26.0. The molecule has 6 fully saturated rings. The molecule has 0 bridgehead atoms. The van der Waals surface area contributed by atoms with Crippen LogP contribution in [0.4, 0.5) is 14.4 Å². The van der Waals surface area contributed by atoms with Crippen LogP contribution in [0.2, 0.25) is 0 Å². The lowest BCUT2D eigenvalue weighted by molar-refractivity contribution is -0.00233. The normalized spacial score (nSPS) is 23.2. The predicted molar refractivity (Wildman–Crippen MR) is 579 cm³/mol. The van der Waals surface area contributed by atoms with E-state index in [4.69, 9.17) is 37.9 Å². The molecule has 6 saturated heterocycles. The van der Waals surface area contributed by atoms with Gasteiger partial charge in [0.2, 0.25) is 0 Å². The third-order valence-electron chi connectivity index (χ3n) is 32.6. The smallest absolute Gasteiger partial charge is 0.410 e. The summed E-state index contributed by atoms with van der Waals surface area (Å²) in [7, 11) is 8.63. The highest BCUT2D eigenvalue weighted by molar-refractivity contribution is 5.90. The van der Waals surface area contributed by atoms with Gasteiger partial charge in [0, 0.05) is 78.0 Å². The number of nitrogens with zero attached hydrogens (tertiary/aromatic N) is 6. The number of amides is 3. The van der Waals surface area contributed by atoms with Crippen LogP contribution in [0.25, 0.3) is 10.8 Å². The zero-order chi connectivity index (χ0) is 104. The van der Waals surface area contributed by atoms with Crippen molar-refractivity contribution in [1.82, 2.24) is 29.4 Å². The van der Waals surface area contributed by atoms with Crippen LogP contribution in [0.15, 0.2) is 103 Å². The Morgan fingerprint density at radius 1 is 0.303 bits per heavy atom. The minimum Gasteiger partial charge on any atom is -0.504 e. The Kier molecular flexibility index (Phi) is 37.8. The first-order valence-corrected chi connectivity index (χ1v) is 54.1. The fraction of sp³-hybridized carbons (Fsp3) is 0.598. The Hall–Kier alpha value is -10.5. The maximum Gasteiger partial charge on any atom is 0.410 e. The van der Waals surface area contributed by atoms with Gasteiger partial charge in [-0.25, -0.2) is 14.4 Å². The van der Waals surface area contributed by atoms with Gasteiger partial charge in [-0.2, -0.15) is 0 Å². The van der Waals surface area contributed by atoms with Gasteiger partial charge in [-0.05, 0) is 452 Å². The molecule has 23 heteroatoms. The minimum absolute atomic E-state index is 0. The monoisotopic (exact) mass is 2000 g/mol. The van der Waals surface area contributed by atoms with Crippen LogP contribution in [-0.2, 0) is 91.3 Å². The third kappa shape index (κ3) is 26.4. The van der Waals surface area contributed by atoms with Crippen LogP contribution in [-0.4, -0.2) is 226 Å². The third-order valence-corrected chi connectivity index (χ3v) is 32.6. The molecule has 0 aromatic heterocycles. The highest BCUT2D eigenvalue weighted by atomic mass is 16.6. The van der Waals surface area contributed by atoms with Gasteiger partial charge in [0.15, 0.2) is 34.5 Å². The second kappa shape index (κ2) is 49.1. The molecule has 6 N–H and O–H groups in total. The molecular formula is C122H174N6O17. The van der Waals surface area contributed by atoms with Gasteiger partial charge in [0.1, 0.15) is 45.6 Å². The number of piperidine rings is 6. The standard InChI is InChI=1S/3C20H29NO3.3C16H23NO2.C13H14O2.CH4/c3*1-13-8-9-14-12-17-15(11-16(14)18(13)23-5)7-6-10-21(17)19(22)24-20(2,3)4;3*1-2-7-17-8-3-4-12-9-13-11(10-14(12)17)5-6-15(18)16(13)19;1-9-4-5-10-8-11(14-2)6-7-12(10)13(9)15-3;/h3*8-9,15,17H,6-7,10-12H2,1-5H3;3*5-6,12,14,18-19H,2-4,7-10H2,1H3;4-8H,1-3H3;1H4/t3*15-,17-;3*12-,14-;;/m110110../s1. The van der Waals surface area contributed by atoms with Gasteiger partial charge in [0.05, 0.1) is 35.5 Å². The van der Waals surface area contributed by atoms with Gasteiger partial charge >= 0.3 is 18.3 Å². The van der Waals surface area contributed by atoms with Crippen LogP contribution < -0.4 is 23.7 Å². The van der Waals surface area contributed by atoms with E-state index in [1.54, 1.807) is 53.7 Å². The lowest BCUT2D eigenvalue weighted by Crippen LogP contribution is -2.53. The van der Waals surface area contributed by atoms with E-state index in [9.17, 15) is 45.0 Å². The summed E-state index contributed by atoms with van der Waals surface area (Å²) in [6.07, 6.45) is 28.8. The second-order valence-corrected chi connectivity index (χ2v) is 45.8. The van der Waals surface area contributed by atoms with Gasteiger partial charge in [-0.15, -0.1) is 0 Å². The number of likely N-dealkylation sites (tertiary alicyclic amines) is 6. The molecule has 23 nitrogen and oxygen atoms in total. The van der Waals surface area contributed by atoms with E-state index in [2.05, 4.69) is 105 Å². The molecule has 6 aliphatic heterocycles. The summed E-state index contributed by atoms with van der Waals surface area (Å²) in [5.41, 5.74) is 18.0. The number of ether oxygens (including phenoxy) is 8. The van der Waals surface area contributed by atoms with Crippen LogP contribution in [0, 0.1) is 63.2 Å². The topological polar surface area (TPSA) is 266 Å². The number of rotatable bonds is 11. The second-order valence-electron chi connectivity index (χ2n) is 45.8. The van der Waals surface area contributed by atoms with Gasteiger partial charge in [-0.3, -0.25) is 14.7 Å². The number of benzene rings is 8. The zero-order valence-electron chi connectivity index (χ0n) is 90.6. The van der Waals surface area contributed by atoms with E-state index in [1.807, 2.05) is 120 Å². The van der Waals surface area contributed by atoms with Crippen LogP contribution in [0.5, 0.6) is 63.2 Å². The molecule has 20 rings (SSSR count). The summed E-state index contributed by atoms with van der Waals surface area (Å²) in [5, 5.41) is 61.3. The molecule has 794 valence electrons. The number of carbonyl (C=O) groups excluding carboxylic acids is 3. The summed E-state index contributed by atoms with van der Waals surface area (Å²) in [5.74, 6) is 8.72. The van der Waals surface area contributed by atoms with Crippen molar-refractivity contribution in [3.8, 4) is 63.2 Å². The van der Waals surface area contributed by atoms with Crippen molar-refractivity contribution in [2.75, 3.05) is 94.5 Å². The van der Waals surface area contributed by atoms with Crippen molar-refractivity contribution >= 4 is 29.1 Å². The number of methoxy groups -OCH3 is 5. The van der Waals surface area contributed by atoms with Crippen LogP contribution >= 0.6 is 0 Å². The molecule has 3 amide bonds. The van der Waals surface area contributed by atoms with E-state index in [0.717, 1.165) is 178 Å². The number of phenols is 6. The molecule has 6 heterocycles. The number of carbonyl (C=O) groups is 3. The van der Waals surface area contributed by atoms with Crippen molar-refractivity contribution < 1.29 is 82.9 Å². The van der Waals surface area contributed by atoms with E-state index < -0.39 is 16.8 Å². The summed E-state index contributed by atoms with van der Waals surface area (Å²) < 4.78 is 44.5. The molecule has 12 aliphatic rings. The number of phenolic OH excluding ortho intramolecular Hbond substituents is 6. The van der Waals surface area contributed by atoms with Gasteiger partial charge in [-0.1, -0.05) is 94.9 Å². The van der Waals surface area contributed by atoms with Crippen molar-refractivity contribution in [3.63, 3.8) is 0 Å². The Bertz CT molecular complexity index is 5260. The number of hydrogen-bond donors (Lipinski definition) is 6. The van der Waals surface area contributed by atoms with Crippen LogP contribution in [0.3, 0.4) is 0 Å². The first-order valence-electron chi connectivity index (χ1n) is 54.1. The average molecular weight is 2000 g/mol. The minimum atomic E-state index is -0.447. The first kappa shape index (κ1) is 112. The molecule has 0 saturated carbocycles. The Balaban J connectivity index is 0.000000142. The summed E-state index contributed by atoms with van der Waals surface area (Å²) >= 11 is 0. The highest BCUT2D eigenvalue weighted by Crippen LogP contribution is 2.50. The van der Waals surface area contributed by atoms with Gasteiger partial charge < -0.3 is 83.2 Å². The number of fused-ring (bicyclic) bond motifs is 13. The Labute approximate surface area is 866 Å². The summed E-state index contributed by atoms with van der Waals surface area (Å²) in [6, 6.07) is 36.5. The largest absolute Gasteiger partial charge is 0.504 e. The van der Waals surface area contributed by atoms with Crippen molar-refractivity contribution in [2.45, 2.75) is 345 Å². The summed E-state index contributed by atoms with van der Waals surface area (Å²) in [6.45, 7) is 42.0. The van der Waals surface area contributed by atoms with Crippen molar-refractivity contribution in [3.05, 3.63) is 192 Å². The van der Waals surface area contributed by atoms with Crippen molar-refractivity contribution in [2.24, 2.45) is 35.5 Å². The molecule has 12 atom stereocenters. The molecule has 8 aromatic carbocycles. The predicted octanol–water partition coefficient (Wildman–Crippen LogP) is 24.2. The zero-order valence-corrected chi connectivity index (χ0v) is 90.6. The number of hydrogen-bond acceptors (Lipinski definition) is 20. The number of aryl methyl sites for hydroxylation is 4. The first-order chi connectivity index (χ1) is 68.8. The van der Waals surface area contributed by atoms with E-state index in [-0.39, 0.29) is 78.3 Å². The Morgan fingerprint density at radius 2 is 0.552 bits per heavy atom. The Morgan fingerprint density at radius 3 is 0.828 bits per heavy atom. The van der Waals surface area contributed by atoms with Gasteiger partial charge in [0.25, 0.3) is 0 Å². The van der Waals surface area contributed by atoms with Crippen molar-refractivity contribution in [1.29, 1.82) is 0 Å². The lowest BCUT2D eigenvalue weighted by atomic mass is 9.74. The molecule has 0 spiro atoms. The SMILES string of the molecule is C.CCCN1CCC[C@@H]2Cc3c(ccc(O)c3O)C[C@H]21.CCCN1CCC[C@@H]2Cc3c(ccc(O)c3O)C[C@H]21.CCCN1CCC[C@H]2Cc3c(ccc(O)c3O)C[C@@H]21.COc1c(C)ccc2c1C[C@@H]1CCCN(C(=O)OC(C)(C)C)[C@H]1C2.COc1c(C)ccc2c1C[C@H]1CCCN(C(=O)OC(C)(C)C)[C@@H]1C2.COc1c(C)ccc2c1C[C@H]1CCCN(C(=O)OC(C)(C)C)[C@@H]1C2.COc1ccc2c(OC)c(C)ccc2c1. The lowest BCUT2D eigenvalue weighted by Gasteiger charge is -2.45. The molecule has 6 aliphatic carbocycles. The quantitative estimate of drug-likeness (QED) is 0.0519. The maximum absolute atomic E-state index is 12.6. The molecule has 0 unspecified atom stereocenters. The summed E-state index contributed by atoms with van der Waals surface area (Å²) in [4.78, 5) is 51.7. The molecule has 8 aromatic rings. The van der Waals surface area contributed by atoms with Crippen LogP contribution in [0.1, 0.15) is 276 Å². The van der Waals surface area contributed by atoms with E-state index >= 15 is 0 Å². The highest BCUT2D eigenvalue weighted by Gasteiger charge is 2.47. The maximum atomic E-state index is 12.6.